The van der Waals surface area contributed by atoms with Crippen LogP contribution in [0.2, 0.25) is 0 Å². The van der Waals surface area contributed by atoms with E-state index in [0.717, 1.165) is 36.2 Å². The van der Waals surface area contributed by atoms with Gasteiger partial charge in [-0.05, 0) is 36.8 Å². The van der Waals surface area contributed by atoms with Gasteiger partial charge in [0.15, 0.2) is 11.1 Å². The predicted octanol–water partition coefficient (Wildman–Crippen LogP) is 3.16. The van der Waals surface area contributed by atoms with Crippen LogP contribution in [0.15, 0.2) is 29.3 Å². The molecule has 1 saturated carbocycles. The van der Waals surface area contributed by atoms with Gasteiger partial charge in [0.2, 0.25) is 0 Å². The van der Waals surface area contributed by atoms with E-state index in [1.807, 2.05) is 13.1 Å². The van der Waals surface area contributed by atoms with Gasteiger partial charge in [0.25, 0.3) is 0 Å². The SMILES string of the molecule is CN=C(NCCNc1nc2ccccc2s1)N1CCC2(CCC2)C1. The zero-order valence-electron chi connectivity index (χ0n) is 14.2. The van der Waals surface area contributed by atoms with Gasteiger partial charge in [0.05, 0.1) is 10.2 Å². The van der Waals surface area contributed by atoms with E-state index in [4.69, 9.17) is 0 Å². The lowest BCUT2D eigenvalue weighted by Crippen LogP contribution is -2.43. The molecule has 1 aliphatic heterocycles. The van der Waals surface area contributed by atoms with Crippen LogP contribution in [-0.2, 0) is 0 Å². The summed E-state index contributed by atoms with van der Waals surface area (Å²) in [6.07, 6.45) is 5.54. The molecule has 2 N–H and O–H groups in total. The number of benzene rings is 1. The number of likely N-dealkylation sites (tertiary alicyclic amines) is 1. The minimum Gasteiger partial charge on any atom is -0.360 e. The van der Waals surface area contributed by atoms with E-state index in [-0.39, 0.29) is 0 Å². The summed E-state index contributed by atoms with van der Waals surface area (Å²) in [6.45, 7) is 4.02. The number of nitrogens with one attached hydrogen (secondary N) is 2. The average Bonchev–Trinajstić information content (AvgIpc) is 3.18. The number of nitrogens with zero attached hydrogens (tertiary/aromatic N) is 3. The van der Waals surface area contributed by atoms with Crippen LogP contribution in [-0.4, -0.2) is 49.1 Å². The van der Waals surface area contributed by atoms with Crippen molar-refractivity contribution in [2.45, 2.75) is 25.7 Å². The van der Waals surface area contributed by atoms with Crippen molar-refractivity contribution in [2.24, 2.45) is 10.4 Å². The number of hydrogen-bond donors (Lipinski definition) is 2. The summed E-state index contributed by atoms with van der Waals surface area (Å²) in [5.41, 5.74) is 1.67. The lowest BCUT2D eigenvalue weighted by atomic mass is 9.68. The normalized spacial score (nSPS) is 19.7. The fourth-order valence-electron chi connectivity index (χ4n) is 3.82. The molecule has 1 aliphatic carbocycles. The molecular weight excluding hydrogens is 318 g/mol. The lowest BCUT2D eigenvalue weighted by Gasteiger charge is -2.38. The number of rotatable bonds is 4. The fourth-order valence-corrected chi connectivity index (χ4v) is 4.72. The summed E-state index contributed by atoms with van der Waals surface area (Å²) in [7, 11) is 1.88. The monoisotopic (exact) mass is 343 g/mol. The summed E-state index contributed by atoms with van der Waals surface area (Å²) in [4.78, 5) is 11.5. The van der Waals surface area contributed by atoms with Gasteiger partial charge in [-0.1, -0.05) is 29.9 Å². The molecule has 1 aromatic heterocycles. The van der Waals surface area contributed by atoms with Gasteiger partial charge >= 0.3 is 0 Å². The minimum atomic E-state index is 0.608. The first-order chi connectivity index (χ1) is 11.8. The van der Waals surface area contributed by atoms with Crippen LogP contribution in [0, 0.1) is 5.41 Å². The third kappa shape index (κ3) is 3.07. The Labute approximate surface area is 147 Å². The van der Waals surface area contributed by atoms with E-state index in [9.17, 15) is 0 Å². The summed E-state index contributed by atoms with van der Waals surface area (Å²) < 4.78 is 1.23. The second-order valence-corrected chi connectivity index (χ2v) is 7.94. The molecule has 2 fully saturated rings. The van der Waals surface area contributed by atoms with Crippen molar-refractivity contribution in [2.75, 3.05) is 38.5 Å². The molecule has 0 bridgehead atoms. The van der Waals surface area contributed by atoms with Crippen molar-refractivity contribution < 1.29 is 0 Å². The first-order valence-corrected chi connectivity index (χ1v) is 9.65. The van der Waals surface area contributed by atoms with Crippen LogP contribution in [0.4, 0.5) is 5.13 Å². The topological polar surface area (TPSA) is 52.6 Å². The summed E-state index contributed by atoms with van der Waals surface area (Å²) in [6, 6.07) is 8.26. The highest BCUT2D eigenvalue weighted by Crippen LogP contribution is 2.47. The van der Waals surface area contributed by atoms with Crippen molar-refractivity contribution in [3.8, 4) is 0 Å². The van der Waals surface area contributed by atoms with E-state index in [0.29, 0.717) is 5.41 Å². The van der Waals surface area contributed by atoms with E-state index >= 15 is 0 Å². The number of para-hydroxylation sites is 1. The molecule has 6 heteroatoms. The molecule has 0 atom stereocenters. The van der Waals surface area contributed by atoms with E-state index in [1.54, 1.807) is 11.3 Å². The standard InChI is InChI=1S/C18H25N5S/c1-19-16(23-12-9-18(13-23)7-4-8-18)20-10-11-21-17-22-14-5-2-3-6-15(14)24-17/h2-3,5-6H,4,7-13H2,1H3,(H,19,20)(H,21,22). The molecule has 2 aliphatic rings. The number of anilines is 1. The quantitative estimate of drug-likeness (QED) is 0.509. The molecule has 4 rings (SSSR count). The Hall–Kier alpha value is -1.82. The second-order valence-electron chi connectivity index (χ2n) is 6.91. The Morgan fingerprint density at radius 1 is 1.29 bits per heavy atom. The number of aliphatic imine (C=N–C) groups is 1. The van der Waals surface area contributed by atoms with Gasteiger partial charge in [-0.3, -0.25) is 4.99 Å². The van der Waals surface area contributed by atoms with Gasteiger partial charge in [-0.15, -0.1) is 0 Å². The Bertz CT molecular complexity index is 701. The van der Waals surface area contributed by atoms with Crippen LogP contribution in [0.3, 0.4) is 0 Å². The average molecular weight is 344 g/mol. The van der Waals surface area contributed by atoms with Crippen LogP contribution < -0.4 is 10.6 Å². The second kappa shape index (κ2) is 6.59. The van der Waals surface area contributed by atoms with Gasteiger partial charge in [-0.2, -0.15) is 0 Å². The van der Waals surface area contributed by atoms with Gasteiger partial charge in [0, 0.05) is 33.2 Å². The molecule has 2 aromatic rings. The van der Waals surface area contributed by atoms with E-state index < -0.39 is 0 Å². The molecule has 1 spiro atoms. The molecule has 0 amide bonds. The molecule has 1 saturated heterocycles. The largest absolute Gasteiger partial charge is 0.360 e. The Kier molecular flexibility index (Phi) is 4.31. The molecule has 1 aromatic carbocycles. The number of guanidine groups is 1. The van der Waals surface area contributed by atoms with E-state index in [2.05, 4.69) is 43.7 Å². The molecule has 5 nitrogen and oxygen atoms in total. The third-order valence-corrected chi connectivity index (χ3v) is 6.34. The van der Waals surface area contributed by atoms with Crippen LogP contribution in [0.1, 0.15) is 25.7 Å². The Balaban J connectivity index is 1.25. The predicted molar refractivity (Wildman–Crippen MR) is 102 cm³/mol. The zero-order valence-corrected chi connectivity index (χ0v) is 15.0. The van der Waals surface area contributed by atoms with Gasteiger partial charge in [0.1, 0.15) is 0 Å². The molecule has 0 unspecified atom stereocenters. The number of aromatic nitrogens is 1. The van der Waals surface area contributed by atoms with Gasteiger partial charge in [-0.25, -0.2) is 4.98 Å². The maximum atomic E-state index is 4.60. The number of hydrogen-bond acceptors (Lipinski definition) is 4. The Morgan fingerprint density at radius 3 is 2.88 bits per heavy atom. The van der Waals surface area contributed by atoms with Crippen molar-refractivity contribution in [3.63, 3.8) is 0 Å². The van der Waals surface area contributed by atoms with Crippen LogP contribution in [0.5, 0.6) is 0 Å². The molecule has 128 valence electrons. The molecule has 24 heavy (non-hydrogen) atoms. The summed E-state index contributed by atoms with van der Waals surface area (Å²) in [5.74, 6) is 1.05. The lowest BCUT2D eigenvalue weighted by molar-refractivity contribution is 0.151. The first-order valence-electron chi connectivity index (χ1n) is 8.83. The highest BCUT2D eigenvalue weighted by atomic mass is 32.1. The number of thiazole rings is 1. The molecule has 0 radical (unpaired) electrons. The minimum absolute atomic E-state index is 0.608. The van der Waals surface area contributed by atoms with Crippen LogP contribution in [0.25, 0.3) is 10.2 Å². The smallest absolute Gasteiger partial charge is 0.193 e. The highest BCUT2D eigenvalue weighted by Gasteiger charge is 2.43. The van der Waals surface area contributed by atoms with Crippen molar-refractivity contribution in [3.05, 3.63) is 24.3 Å². The first kappa shape index (κ1) is 15.7. The molecular formula is C18H25N5S. The Morgan fingerprint density at radius 2 is 2.17 bits per heavy atom. The van der Waals surface area contributed by atoms with Crippen LogP contribution >= 0.6 is 11.3 Å². The third-order valence-electron chi connectivity index (χ3n) is 5.34. The van der Waals surface area contributed by atoms with Crippen molar-refractivity contribution >= 4 is 32.6 Å². The number of fused-ring (bicyclic) bond motifs is 1. The maximum absolute atomic E-state index is 4.60. The maximum Gasteiger partial charge on any atom is 0.193 e. The summed E-state index contributed by atoms with van der Waals surface area (Å²) >= 11 is 1.71. The van der Waals surface area contributed by atoms with E-state index in [1.165, 1.54) is 36.9 Å². The fraction of sp³-hybridized carbons (Fsp3) is 0.556. The summed E-state index contributed by atoms with van der Waals surface area (Å²) in [5, 5.41) is 7.89. The van der Waals surface area contributed by atoms with Crippen molar-refractivity contribution in [1.29, 1.82) is 0 Å². The van der Waals surface area contributed by atoms with Crippen molar-refractivity contribution in [1.82, 2.24) is 15.2 Å². The highest BCUT2D eigenvalue weighted by molar-refractivity contribution is 7.22. The zero-order chi connectivity index (χ0) is 16.4. The van der Waals surface area contributed by atoms with Gasteiger partial charge < -0.3 is 15.5 Å². The molecule has 2 heterocycles.